The fraction of sp³-hybridized carbons (Fsp3) is 0.440. The molecule has 154 valence electrons. The molecule has 1 aliphatic carbocycles. The number of nitrogens with zero attached hydrogens (tertiary/aromatic N) is 3. The van der Waals surface area contributed by atoms with Crippen molar-refractivity contribution in [2.45, 2.75) is 37.8 Å². The molecule has 5 nitrogen and oxygen atoms in total. The monoisotopic (exact) mass is 401 g/mol. The lowest BCUT2D eigenvalue weighted by molar-refractivity contribution is -0.139. The lowest BCUT2D eigenvalue weighted by atomic mass is 9.80. The van der Waals surface area contributed by atoms with E-state index in [-0.39, 0.29) is 36.4 Å². The summed E-state index contributed by atoms with van der Waals surface area (Å²) in [6.07, 6.45) is 4.08. The van der Waals surface area contributed by atoms with E-state index in [1.54, 1.807) is 0 Å². The number of aliphatic hydroxyl groups excluding tert-OH is 1. The van der Waals surface area contributed by atoms with Gasteiger partial charge in [0.25, 0.3) is 0 Å². The molecule has 0 spiro atoms. The van der Waals surface area contributed by atoms with Crippen molar-refractivity contribution in [1.82, 2.24) is 4.90 Å². The first-order valence-corrected chi connectivity index (χ1v) is 10.9. The number of likely N-dealkylation sites (tertiary alicyclic amines) is 1. The minimum absolute atomic E-state index is 0.0144. The van der Waals surface area contributed by atoms with Crippen LogP contribution in [0.5, 0.6) is 0 Å². The predicted molar refractivity (Wildman–Crippen MR) is 116 cm³/mol. The van der Waals surface area contributed by atoms with Crippen molar-refractivity contribution in [2.24, 2.45) is 11.8 Å². The lowest BCUT2D eigenvalue weighted by Crippen LogP contribution is -2.49. The normalized spacial score (nSPS) is 25.3. The van der Waals surface area contributed by atoms with Crippen molar-refractivity contribution in [2.75, 3.05) is 25.1 Å². The molecule has 2 aromatic carbocycles. The number of amides is 1. The van der Waals surface area contributed by atoms with Gasteiger partial charge >= 0.3 is 0 Å². The van der Waals surface area contributed by atoms with E-state index in [4.69, 9.17) is 0 Å². The molecule has 3 atom stereocenters. The van der Waals surface area contributed by atoms with Crippen LogP contribution in [0, 0.1) is 23.2 Å². The molecule has 30 heavy (non-hydrogen) atoms. The predicted octanol–water partition coefficient (Wildman–Crippen LogP) is 3.73. The first-order chi connectivity index (χ1) is 14.6. The maximum atomic E-state index is 13.2. The number of aliphatic hydroxyl groups is 1. The highest BCUT2D eigenvalue weighted by molar-refractivity contribution is 5.81. The van der Waals surface area contributed by atoms with E-state index in [2.05, 4.69) is 34.1 Å². The molecule has 2 heterocycles. The van der Waals surface area contributed by atoms with Gasteiger partial charge in [0, 0.05) is 31.1 Å². The van der Waals surface area contributed by atoms with Gasteiger partial charge in [-0.15, -0.1) is 0 Å². The summed E-state index contributed by atoms with van der Waals surface area (Å²) in [5, 5.41) is 19.4. The second kappa shape index (κ2) is 7.45. The van der Waals surface area contributed by atoms with Crippen molar-refractivity contribution < 1.29 is 9.90 Å². The highest BCUT2D eigenvalue weighted by Crippen LogP contribution is 2.50. The molecule has 0 radical (unpaired) electrons. The van der Waals surface area contributed by atoms with Gasteiger partial charge in [0.05, 0.1) is 30.3 Å². The minimum atomic E-state index is 0.0144. The van der Waals surface area contributed by atoms with E-state index in [9.17, 15) is 15.2 Å². The van der Waals surface area contributed by atoms with Crippen LogP contribution in [0.3, 0.4) is 0 Å². The van der Waals surface area contributed by atoms with E-state index in [1.165, 1.54) is 0 Å². The minimum Gasteiger partial charge on any atom is -0.394 e. The van der Waals surface area contributed by atoms with Crippen LogP contribution >= 0.6 is 0 Å². The second-order valence-corrected chi connectivity index (χ2v) is 8.88. The number of fused-ring (bicyclic) bond motifs is 3. The molecule has 0 bridgehead atoms. The van der Waals surface area contributed by atoms with Crippen molar-refractivity contribution in [1.29, 1.82) is 5.26 Å². The highest BCUT2D eigenvalue weighted by atomic mass is 16.3. The number of carbonyl (C=O) groups is 1. The van der Waals surface area contributed by atoms with E-state index >= 15 is 0 Å². The standard InChI is InChI=1S/C25H27N3O2/c1-27-22-9-8-19(18-7-2-4-16(12-18)14-26)13-21(22)24-20(23(27)15-29)10-11-28(24)25(30)17-5-3-6-17/h2,4,7-9,12-13,17,20,23-24,29H,3,5-6,10-11,15H2,1H3/t20-,23+,24-/m0/s1. The van der Waals surface area contributed by atoms with Gasteiger partial charge in [0.15, 0.2) is 0 Å². The van der Waals surface area contributed by atoms with Crippen LogP contribution in [0.25, 0.3) is 11.1 Å². The molecular weight excluding hydrogens is 374 g/mol. The van der Waals surface area contributed by atoms with Gasteiger partial charge in [-0.05, 0) is 60.2 Å². The van der Waals surface area contributed by atoms with E-state index in [0.29, 0.717) is 5.56 Å². The summed E-state index contributed by atoms with van der Waals surface area (Å²) in [5.74, 6) is 0.699. The van der Waals surface area contributed by atoms with Crippen LogP contribution in [0.1, 0.15) is 42.9 Å². The largest absolute Gasteiger partial charge is 0.394 e. The average Bonchev–Trinajstić information content (AvgIpc) is 3.17. The fourth-order valence-corrected chi connectivity index (χ4v) is 5.54. The van der Waals surface area contributed by atoms with Gasteiger partial charge < -0.3 is 14.9 Å². The number of anilines is 1. The summed E-state index contributed by atoms with van der Waals surface area (Å²) >= 11 is 0. The number of benzene rings is 2. The van der Waals surface area contributed by atoms with Crippen molar-refractivity contribution in [3.05, 3.63) is 53.6 Å². The lowest BCUT2D eigenvalue weighted by Gasteiger charge is -2.45. The summed E-state index contributed by atoms with van der Waals surface area (Å²) in [5.41, 5.74) is 4.96. The molecule has 0 aromatic heterocycles. The number of hydrogen-bond donors (Lipinski definition) is 1. The molecule has 2 aliphatic heterocycles. The molecule has 5 heteroatoms. The molecular formula is C25H27N3O2. The molecule has 2 fully saturated rings. The molecule has 1 saturated heterocycles. The van der Waals surface area contributed by atoms with Crippen LogP contribution in [0.15, 0.2) is 42.5 Å². The van der Waals surface area contributed by atoms with Gasteiger partial charge in [-0.2, -0.15) is 5.26 Å². The van der Waals surface area contributed by atoms with Gasteiger partial charge in [-0.3, -0.25) is 4.79 Å². The Labute approximate surface area is 177 Å². The zero-order chi connectivity index (χ0) is 20.8. The number of carbonyl (C=O) groups excluding carboxylic acids is 1. The number of likely N-dealkylation sites (N-methyl/N-ethyl adjacent to an activating group) is 1. The van der Waals surface area contributed by atoms with Crippen molar-refractivity contribution in [3.8, 4) is 17.2 Å². The summed E-state index contributed by atoms with van der Waals surface area (Å²) in [6.45, 7) is 0.858. The van der Waals surface area contributed by atoms with Crippen LogP contribution in [0.2, 0.25) is 0 Å². The molecule has 1 amide bonds. The second-order valence-electron chi connectivity index (χ2n) is 8.88. The van der Waals surface area contributed by atoms with Gasteiger partial charge in [0.2, 0.25) is 5.91 Å². The van der Waals surface area contributed by atoms with Gasteiger partial charge in [-0.25, -0.2) is 0 Å². The third-order valence-corrected chi connectivity index (χ3v) is 7.41. The molecule has 3 aliphatic rings. The third-order valence-electron chi connectivity index (χ3n) is 7.41. The van der Waals surface area contributed by atoms with Crippen LogP contribution in [0.4, 0.5) is 5.69 Å². The first-order valence-electron chi connectivity index (χ1n) is 10.9. The molecule has 5 rings (SSSR count). The quantitative estimate of drug-likeness (QED) is 0.851. The summed E-state index contributed by atoms with van der Waals surface area (Å²) < 4.78 is 0. The number of rotatable bonds is 3. The molecule has 1 N–H and O–H groups in total. The van der Waals surface area contributed by atoms with Crippen molar-refractivity contribution >= 4 is 11.6 Å². The zero-order valence-corrected chi connectivity index (χ0v) is 17.3. The Balaban J connectivity index is 1.59. The topological polar surface area (TPSA) is 67.6 Å². The zero-order valence-electron chi connectivity index (χ0n) is 17.3. The molecule has 2 aromatic rings. The Bertz CT molecular complexity index is 1020. The fourth-order valence-electron chi connectivity index (χ4n) is 5.54. The summed E-state index contributed by atoms with van der Waals surface area (Å²) in [4.78, 5) is 17.5. The van der Waals surface area contributed by atoms with Crippen LogP contribution < -0.4 is 4.90 Å². The Morgan fingerprint density at radius 1 is 1.17 bits per heavy atom. The Kier molecular flexibility index (Phi) is 4.75. The molecule has 0 unspecified atom stereocenters. The highest BCUT2D eigenvalue weighted by Gasteiger charge is 2.48. The first kappa shape index (κ1) is 19.1. The molecule has 1 saturated carbocycles. The number of nitriles is 1. The smallest absolute Gasteiger partial charge is 0.226 e. The van der Waals surface area contributed by atoms with E-state index < -0.39 is 0 Å². The van der Waals surface area contributed by atoms with Gasteiger partial charge in [0.1, 0.15) is 0 Å². The summed E-state index contributed by atoms with van der Waals surface area (Å²) in [6, 6.07) is 16.3. The SMILES string of the molecule is CN1c2ccc(-c3cccc(C#N)c3)cc2[C@@H]2[C@@H](CCN2C(=O)C2CCC2)[C@H]1CO. The summed E-state index contributed by atoms with van der Waals surface area (Å²) in [7, 11) is 2.04. The Morgan fingerprint density at radius 3 is 2.67 bits per heavy atom. The Hall–Kier alpha value is -2.84. The van der Waals surface area contributed by atoms with Crippen molar-refractivity contribution in [3.63, 3.8) is 0 Å². The van der Waals surface area contributed by atoms with E-state index in [0.717, 1.165) is 54.6 Å². The maximum absolute atomic E-state index is 13.2. The third kappa shape index (κ3) is 2.90. The maximum Gasteiger partial charge on any atom is 0.226 e. The number of hydrogen-bond acceptors (Lipinski definition) is 4. The van der Waals surface area contributed by atoms with Crippen LogP contribution in [-0.4, -0.2) is 42.2 Å². The Morgan fingerprint density at radius 2 is 1.97 bits per heavy atom. The van der Waals surface area contributed by atoms with Gasteiger partial charge in [-0.1, -0.05) is 24.6 Å². The van der Waals surface area contributed by atoms with E-state index in [1.807, 2.05) is 31.3 Å². The van der Waals surface area contributed by atoms with Crippen LogP contribution in [-0.2, 0) is 4.79 Å². The average molecular weight is 402 g/mol.